The molecule has 7 heteroatoms. The number of quaternary nitrogens is 2. The number of carboxylic acids is 1. The molecular formula is C11H25N3O3S+2. The third-order valence-corrected chi connectivity index (χ3v) is 3.29. The molecule has 0 aliphatic carbocycles. The number of hydrogen-bond donors (Lipinski definition) is 4. The molecule has 0 bridgehead atoms. The monoisotopic (exact) mass is 279 g/mol. The smallest absolute Gasteiger partial charge is 0.326 e. The minimum Gasteiger partial charge on any atom is -0.480 e. The molecule has 6 nitrogen and oxygen atoms in total. The van der Waals surface area contributed by atoms with Crippen LogP contribution in [-0.4, -0.2) is 47.6 Å². The highest BCUT2D eigenvalue weighted by atomic mass is 32.2. The van der Waals surface area contributed by atoms with E-state index in [4.69, 9.17) is 5.11 Å². The van der Waals surface area contributed by atoms with E-state index in [1.807, 2.05) is 6.26 Å². The predicted molar refractivity (Wildman–Crippen MR) is 70.8 cm³/mol. The minimum absolute atomic E-state index is 0.272. The van der Waals surface area contributed by atoms with Gasteiger partial charge in [-0.15, -0.1) is 0 Å². The molecule has 0 radical (unpaired) electrons. The maximum atomic E-state index is 11.7. The molecule has 0 aromatic rings. The fourth-order valence-corrected chi connectivity index (χ4v) is 1.98. The van der Waals surface area contributed by atoms with Gasteiger partial charge in [0.1, 0.15) is 6.04 Å². The topological polar surface area (TPSA) is 122 Å². The Labute approximate surface area is 112 Å². The lowest BCUT2D eigenvalue weighted by molar-refractivity contribution is -0.404. The number of carbonyl (C=O) groups excluding carboxylic acids is 1. The highest BCUT2D eigenvalue weighted by molar-refractivity contribution is 7.98. The highest BCUT2D eigenvalue weighted by Gasteiger charge is 2.24. The summed E-state index contributed by atoms with van der Waals surface area (Å²) in [4.78, 5) is 22.7. The maximum absolute atomic E-state index is 11.7. The van der Waals surface area contributed by atoms with Gasteiger partial charge >= 0.3 is 5.97 Å². The second-order valence-electron chi connectivity index (χ2n) is 4.23. The molecule has 2 atom stereocenters. The van der Waals surface area contributed by atoms with Crippen LogP contribution in [-0.2, 0) is 9.59 Å². The Morgan fingerprint density at radius 3 is 2.50 bits per heavy atom. The van der Waals surface area contributed by atoms with Crippen molar-refractivity contribution >= 4 is 23.6 Å². The van der Waals surface area contributed by atoms with Gasteiger partial charge in [0.15, 0.2) is 6.04 Å². The molecule has 0 saturated heterocycles. The number of rotatable bonds is 10. The van der Waals surface area contributed by atoms with Gasteiger partial charge < -0.3 is 21.9 Å². The molecule has 0 fully saturated rings. The van der Waals surface area contributed by atoms with Gasteiger partial charge in [-0.1, -0.05) is 0 Å². The summed E-state index contributed by atoms with van der Waals surface area (Å²) in [6.45, 7) is 0.784. The second kappa shape index (κ2) is 10.2. The Morgan fingerprint density at radius 1 is 1.33 bits per heavy atom. The molecular weight excluding hydrogens is 254 g/mol. The Bertz CT molecular complexity index is 264. The van der Waals surface area contributed by atoms with Crippen molar-refractivity contribution in [3.63, 3.8) is 0 Å². The Kier molecular flexibility index (Phi) is 9.72. The van der Waals surface area contributed by atoms with Crippen LogP contribution in [0.2, 0.25) is 0 Å². The summed E-state index contributed by atoms with van der Waals surface area (Å²) in [6, 6.07) is -1.19. The van der Waals surface area contributed by atoms with E-state index in [1.54, 1.807) is 11.8 Å². The van der Waals surface area contributed by atoms with Crippen LogP contribution in [0.15, 0.2) is 0 Å². The molecule has 1 amide bonds. The number of carbonyl (C=O) groups is 2. The zero-order valence-corrected chi connectivity index (χ0v) is 11.8. The van der Waals surface area contributed by atoms with Crippen molar-refractivity contribution in [1.82, 2.24) is 5.32 Å². The largest absolute Gasteiger partial charge is 0.480 e. The van der Waals surface area contributed by atoms with Crippen molar-refractivity contribution in [2.45, 2.75) is 37.8 Å². The molecule has 0 saturated carbocycles. The van der Waals surface area contributed by atoms with Gasteiger partial charge in [0.2, 0.25) is 0 Å². The van der Waals surface area contributed by atoms with Crippen molar-refractivity contribution in [1.29, 1.82) is 0 Å². The fraction of sp³-hybridized carbons (Fsp3) is 0.818. The molecule has 0 unspecified atom stereocenters. The van der Waals surface area contributed by atoms with Crippen LogP contribution in [0.5, 0.6) is 0 Å². The van der Waals surface area contributed by atoms with Gasteiger partial charge in [-0.05, 0) is 31.3 Å². The first-order chi connectivity index (χ1) is 8.52. The lowest BCUT2D eigenvalue weighted by Crippen LogP contribution is -2.68. The first-order valence-electron chi connectivity index (χ1n) is 6.17. The molecule has 0 aromatic heterocycles. The summed E-state index contributed by atoms with van der Waals surface area (Å²) in [6.07, 6.45) is 4.71. The van der Waals surface area contributed by atoms with Crippen molar-refractivity contribution in [3.8, 4) is 0 Å². The molecule has 8 N–H and O–H groups in total. The van der Waals surface area contributed by atoms with Gasteiger partial charge in [0.05, 0.1) is 6.54 Å². The molecule has 0 rings (SSSR count). The van der Waals surface area contributed by atoms with E-state index in [-0.39, 0.29) is 11.9 Å². The van der Waals surface area contributed by atoms with Crippen LogP contribution < -0.4 is 16.8 Å². The maximum Gasteiger partial charge on any atom is 0.326 e. The van der Waals surface area contributed by atoms with E-state index in [1.165, 1.54) is 0 Å². The van der Waals surface area contributed by atoms with Gasteiger partial charge in [-0.25, -0.2) is 4.79 Å². The molecule has 0 aliphatic rings. The van der Waals surface area contributed by atoms with Gasteiger partial charge in [-0.2, -0.15) is 11.8 Å². The minimum atomic E-state index is -0.982. The van der Waals surface area contributed by atoms with E-state index in [0.29, 0.717) is 12.8 Å². The number of nitrogens with one attached hydrogen (secondary N) is 1. The van der Waals surface area contributed by atoms with E-state index in [2.05, 4.69) is 16.8 Å². The van der Waals surface area contributed by atoms with E-state index in [0.717, 1.165) is 25.1 Å². The van der Waals surface area contributed by atoms with E-state index in [9.17, 15) is 9.59 Å². The Morgan fingerprint density at radius 2 is 2.00 bits per heavy atom. The lowest BCUT2D eigenvalue weighted by atomic mass is 10.1. The number of thioether (sulfide) groups is 1. The van der Waals surface area contributed by atoms with Crippen molar-refractivity contribution in [3.05, 3.63) is 0 Å². The second-order valence-corrected chi connectivity index (χ2v) is 5.21. The summed E-state index contributed by atoms with van der Waals surface area (Å²) in [5.41, 5.74) is 7.46. The molecule has 0 aromatic carbocycles. The highest BCUT2D eigenvalue weighted by Crippen LogP contribution is 2.02. The zero-order chi connectivity index (χ0) is 14.0. The van der Waals surface area contributed by atoms with Crippen LogP contribution in [0, 0.1) is 0 Å². The fourth-order valence-electron chi connectivity index (χ4n) is 1.46. The van der Waals surface area contributed by atoms with Crippen LogP contribution in [0.4, 0.5) is 0 Å². The van der Waals surface area contributed by atoms with Crippen LogP contribution >= 0.6 is 11.8 Å². The quantitative estimate of drug-likeness (QED) is 0.357. The summed E-state index contributed by atoms with van der Waals surface area (Å²) in [5.74, 6) is -0.406. The standard InChI is InChI=1S/C11H23N3O3S/c1-18-7-5-8(13)10(15)14-9(11(16)17)4-2-3-6-12/h8-9H,2-7,12-13H2,1H3,(H,14,15)(H,16,17)/p+2/t8-,9+/m1/s1. The van der Waals surface area contributed by atoms with Crippen molar-refractivity contribution < 1.29 is 26.2 Å². The average Bonchev–Trinajstić information content (AvgIpc) is 2.34. The van der Waals surface area contributed by atoms with Crippen LogP contribution in [0.3, 0.4) is 0 Å². The number of carboxylic acid groups (broad SMARTS) is 1. The molecule has 0 heterocycles. The normalized spacial score (nSPS) is 13.9. The summed E-state index contributed by atoms with van der Waals surface area (Å²) in [7, 11) is 0. The van der Waals surface area contributed by atoms with E-state index >= 15 is 0 Å². The zero-order valence-electron chi connectivity index (χ0n) is 11.0. The van der Waals surface area contributed by atoms with Gasteiger partial charge in [-0.3, -0.25) is 4.79 Å². The number of aliphatic carboxylic acids is 1. The molecule has 18 heavy (non-hydrogen) atoms. The van der Waals surface area contributed by atoms with Crippen LogP contribution in [0.25, 0.3) is 0 Å². The molecule has 106 valence electrons. The summed E-state index contributed by atoms with van der Waals surface area (Å²) >= 11 is 1.65. The summed E-state index contributed by atoms with van der Waals surface area (Å²) < 4.78 is 0. The number of unbranched alkanes of at least 4 members (excludes halogenated alkanes) is 1. The average molecular weight is 279 g/mol. The third kappa shape index (κ3) is 7.52. The van der Waals surface area contributed by atoms with Crippen LogP contribution in [0.1, 0.15) is 25.7 Å². The van der Waals surface area contributed by atoms with Gasteiger partial charge in [0, 0.05) is 6.42 Å². The number of amides is 1. The Balaban J connectivity index is 4.14. The van der Waals surface area contributed by atoms with Gasteiger partial charge in [0.25, 0.3) is 5.91 Å². The SMILES string of the molecule is CSCC[C@@H]([NH3+])C(=O)N[C@@H](CCCC[NH3+])C(=O)O. The lowest BCUT2D eigenvalue weighted by Gasteiger charge is -2.15. The van der Waals surface area contributed by atoms with Crippen molar-refractivity contribution in [2.75, 3.05) is 18.6 Å². The number of hydrogen-bond acceptors (Lipinski definition) is 3. The first-order valence-corrected chi connectivity index (χ1v) is 7.56. The molecule has 0 spiro atoms. The third-order valence-electron chi connectivity index (χ3n) is 2.65. The summed E-state index contributed by atoms with van der Waals surface area (Å²) in [5, 5.41) is 11.6. The van der Waals surface area contributed by atoms with Crippen molar-refractivity contribution in [2.24, 2.45) is 0 Å². The first kappa shape index (κ1) is 17.2. The predicted octanol–water partition coefficient (Wildman–Crippen LogP) is -1.67. The molecule has 0 aliphatic heterocycles. The Hall–Kier alpha value is -0.790. The van der Waals surface area contributed by atoms with E-state index < -0.39 is 12.0 Å².